The number of ether oxygens (including phenoxy) is 1. The van der Waals surface area contributed by atoms with Crippen molar-refractivity contribution in [2.24, 2.45) is 0 Å². The van der Waals surface area contributed by atoms with E-state index < -0.39 is 11.5 Å². The van der Waals surface area contributed by atoms with Crippen molar-refractivity contribution in [3.63, 3.8) is 0 Å². The highest BCUT2D eigenvalue weighted by molar-refractivity contribution is 6.33. The standard InChI is InChI=1S/C22H24ClN3O4/c1-13(2)24-20(28)14-9-10-18-17(11-14)26(21(29)22(3,4)30-18)12-19(27)25-16-8-6-5-7-15(16)23/h5-11,13H,12H2,1-4H3,(H,24,28)(H,25,27). The number of rotatable bonds is 5. The van der Waals surface area contributed by atoms with E-state index in [2.05, 4.69) is 10.6 Å². The van der Waals surface area contributed by atoms with Gasteiger partial charge < -0.3 is 15.4 Å². The number of carbonyl (C=O) groups is 3. The van der Waals surface area contributed by atoms with Crippen LogP contribution in [0.25, 0.3) is 0 Å². The average Bonchev–Trinajstić information content (AvgIpc) is 2.66. The Balaban J connectivity index is 1.91. The van der Waals surface area contributed by atoms with Gasteiger partial charge in [-0.1, -0.05) is 23.7 Å². The fraction of sp³-hybridized carbons (Fsp3) is 0.318. The number of hydrogen-bond donors (Lipinski definition) is 2. The number of carbonyl (C=O) groups excluding carboxylic acids is 3. The molecule has 7 nitrogen and oxygen atoms in total. The molecule has 2 N–H and O–H groups in total. The van der Waals surface area contributed by atoms with Gasteiger partial charge in [0.1, 0.15) is 12.3 Å². The number of para-hydroxylation sites is 1. The molecule has 3 amide bonds. The minimum atomic E-state index is -1.15. The van der Waals surface area contributed by atoms with Crippen LogP contribution in [0.5, 0.6) is 5.75 Å². The van der Waals surface area contributed by atoms with E-state index in [9.17, 15) is 14.4 Å². The minimum absolute atomic E-state index is 0.0390. The lowest BCUT2D eigenvalue weighted by molar-refractivity contribution is -0.133. The summed E-state index contributed by atoms with van der Waals surface area (Å²) in [5.41, 5.74) is 0.0360. The lowest BCUT2D eigenvalue weighted by Crippen LogP contribution is -2.54. The summed E-state index contributed by atoms with van der Waals surface area (Å²) >= 11 is 6.10. The van der Waals surface area contributed by atoms with Crippen LogP contribution in [-0.2, 0) is 9.59 Å². The van der Waals surface area contributed by atoms with Crippen molar-refractivity contribution in [3.05, 3.63) is 53.1 Å². The third kappa shape index (κ3) is 4.57. The van der Waals surface area contributed by atoms with E-state index in [1.165, 1.54) is 4.90 Å². The van der Waals surface area contributed by atoms with Crippen molar-refractivity contribution < 1.29 is 19.1 Å². The van der Waals surface area contributed by atoms with Crippen molar-refractivity contribution in [2.45, 2.75) is 39.3 Å². The second-order valence-electron chi connectivity index (χ2n) is 7.84. The summed E-state index contributed by atoms with van der Waals surface area (Å²) < 4.78 is 5.82. The molecule has 1 aliphatic rings. The molecular formula is C22H24ClN3O4. The highest BCUT2D eigenvalue weighted by atomic mass is 35.5. The van der Waals surface area contributed by atoms with Gasteiger partial charge in [0.05, 0.1) is 16.4 Å². The van der Waals surface area contributed by atoms with Crippen LogP contribution in [0.3, 0.4) is 0 Å². The molecule has 0 aromatic heterocycles. The molecule has 0 bridgehead atoms. The second kappa shape index (κ2) is 8.36. The van der Waals surface area contributed by atoms with Crippen molar-refractivity contribution in [1.29, 1.82) is 0 Å². The summed E-state index contributed by atoms with van der Waals surface area (Å²) in [5, 5.41) is 5.92. The highest BCUT2D eigenvalue weighted by Crippen LogP contribution is 2.38. The van der Waals surface area contributed by atoms with Crippen molar-refractivity contribution >= 4 is 40.7 Å². The molecule has 1 heterocycles. The van der Waals surface area contributed by atoms with Crippen molar-refractivity contribution in [2.75, 3.05) is 16.8 Å². The smallest absolute Gasteiger partial charge is 0.271 e. The topological polar surface area (TPSA) is 87.7 Å². The highest BCUT2D eigenvalue weighted by Gasteiger charge is 2.42. The first kappa shape index (κ1) is 21.6. The summed E-state index contributed by atoms with van der Waals surface area (Å²) in [5.74, 6) is -0.653. The average molecular weight is 430 g/mol. The van der Waals surface area contributed by atoms with Crippen LogP contribution in [0.4, 0.5) is 11.4 Å². The first-order valence-electron chi connectivity index (χ1n) is 9.59. The number of nitrogens with one attached hydrogen (secondary N) is 2. The minimum Gasteiger partial charge on any atom is -0.476 e. The maximum absolute atomic E-state index is 13.0. The van der Waals surface area contributed by atoms with E-state index >= 15 is 0 Å². The van der Waals surface area contributed by atoms with Gasteiger partial charge in [0.15, 0.2) is 5.60 Å². The molecule has 0 radical (unpaired) electrons. The molecule has 1 aliphatic heterocycles. The molecular weight excluding hydrogens is 406 g/mol. The largest absolute Gasteiger partial charge is 0.476 e. The Labute approximate surface area is 180 Å². The molecule has 2 aromatic rings. The molecule has 0 saturated heterocycles. The van der Waals surface area contributed by atoms with Gasteiger partial charge in [0, 0.05) is 11.6 Å². The van der Waals surface area contributed by atoms with Crippen LogP contribution in [0.2, 0.25) is 5.02 Å². The van der Waals surface area contributed by atoms with Gasteiger partial charge in [-0.2, -0.15) is 0 Å². The second-order valence-corrected chi connectivity index (χ2v) is 8.25. The predicted molar refractivity (Wildman–Crippen MR) is 116 cm³/mol. The monoisotopic (exact) mass is 429 g/mol. The first-order chi connectivity index (χ1) is 14.1. The summed E-state index contributed by atoms with van der Waals surface area (Å²) in [7, 11) is 0. The molecule has 0 unspecified atom stereocenters. The van der Waals surface area contributed by atoms with Gasteiger partial charge >= 0.3 is 0 Å². The van der Waals surface area contributed by atoms with Gasteiger partial charge in [-0.15, -0.1) is 0 Å². The quantitative estimate of drug-likeness (QED) is 0.759. The Bertz CT molecular complexity index is 1000. The van der Waals surface area contributed by atoms with E-state index in [0.29, 0.717) is 27.7 Å². The van der Waals surface area contributed by atoms with Crippen LogP contribution in [0.1, 0.15) is 38.1 Å². The molecule has 3 rings (SSSR count). The molecule has 0 fully saturated rings. The summed E-state index contributed by atoms with van der Waals surface area (Å²) in [4.78, 5) is 39.4. The number of fused-ring (bicyclic) bond motifs is 1. The number of hydrogen-bond acceptors (Lipinski definition) is 4. The molecule has 0 spiro atoms. The summed E-state index contributed by atoms with van der Waals surface area (Å²) in [6.07, 6.45) is 0. The summed E-state index contributed by atoms with van der Waals surface area (Å²) in [6.45, 7) is 6.74. The Kier molecular flexibility index (Phi) is 6.03. The number of amides is 3. The fourth-order valence-electron chi connectivity index (χ4n) is 3.11. The molecule has 0 aliphatic carbocycles. The van der Waals surface area contributed by atoms with Gasteiger partial charge in [-0.05, 0) is 58.0 Å². The zero-order valence-electron chi connectivity index (χ0n) is 17.3. The number of anilines is 2. The Morgan fingerprint density at radius 3 is 2.53 bits per heavy atom. The number of halogens is 1. The SMILES string of the molecule is CC(C)NC(=O)c1ccc2c(c1)N(CC(=O)Nc1ccccc1Cl)C(=O)C(C)(C)O2. The molecule has 0 atom stereocenters. The van der Waals surface area contributed by atoms with E-state index in [-0.39, 0.29) is 24.4 Å². The van der Waals surface area contributed by atoms with E-state index in [0.717, 1.165) is 0 Å². The molecule has 8 heteroatoms. The lowest BCUT2D eigenvalue weighted by atomic mass is 10.0. The zero-order chi connectivity index (χ0) is 22.1. The Morgan fingerprint density at radius 1 is 1.17 bits per heavy atom. The third-order valence-corrected chi connectivity index (χ3v) is 4.84. The molecule has 30 heavy (non-hydrogen) atoms. The van der Waals surface area contributed by atoms with Crippen molar-refractivity contribution in [1.82, 2.24) is 5.32 Å². The van der Waals surface area contributed by atoms with E-state index in [1.54, 1.807) is 56.3 Å². The third-order valence-electron chi connectivity index (χ3n) is 4.51. The Morgan fingerprint density at radius 2 is 1.87 bits per heavy atom. The lowest BCUT2D eigenvalue weighted by Gasteiger charge is -2.38. The maximum Gasteiger partial charge on any atom is 0.271 e. The molecule has 158 valence electrons. The van der Waals surface area contributed by atoms with Gasteiger partial charge in [0.2, 0.25) is 5.91 Å². The van der Waals surface area contributed by atoms with Crippen LogP contribution < -0.4 is 20.3 Å². The van der Waals surface area contributed by atoms with Crippen LogP contribution in [0.15, 0.2) is 42.5 Å². The van der Waals surface area contributed by atoms with Gasteiger partial charge in [0.25, 0.3) is 11.8 Å². The maximum atomic E-state index is 13.0. The first-order valence-corrected chi connectivity index (χ1v) is 9.96. The molecule has 0 saturated carbocycles. The fourth-order valence-corrected chi connectivity index (χ4v) is 3.29. The van der Waals surface area contributed by atoms with E-state index in [4.69, 9.17) is 16.3 Å². The van der Waals surface area contributed by atoms with Gasteiger partial charge in [-0.3, -0.25) is 19.3 Å². The van der Waals surface area contributed by atoms with Crippen LogP contribution in [-0.4, -0.2) is 35.9 Å². The normalized spacial score (nSPS) is 14.7. The Hall–Kier alpha value is -3.06. The molecule has 2 aromatic carbocycles. The zero-order valence-corrected chi connectivity index (χ0v) is 18.0. The number of nitrogens with zero attached hydrogens (tertiary/aromatic N) is 1. The van der Waals surface area contributed by atoms with Gasteiger partial charge in [-0.25, -0.2) is 0 Å². The number of benzene rings is 2. The summed E-state index contributed by atoms with van der Waals surface area (Å²) in [6, 6.07) is 11.6. The predicted octanol–water partition coefficient (Wildman–Crippen LogP) is 3.62. The van der Waals surface area contributed by atoms with Crippen LogP contribution in [0, 0.1) is 0 Å². The van der Waals surface area contributed by atoms with Crippen LogP contribution >= 0.6 is 11.6 Å². The van der Waals surface area contributed by atoms with E-state index in [1.807, 2.05) is 13.8 Å². The van der Waals surface area contributed by atoms with Crippen molar-refractivity contribution in [3.8, 4) is 5.75 Å².